The van der Waals surface area contributed by atoms with Crippen LogP contribution in [0.4, 0.5) is 5.95 Å². The van der Waals surface area contributed by atoms with Gasteiger partial charge in [0.2, 0.25) is 5.95 Å². The number of rotatable bonds is 2. The molecule has 0 saturated carbocycles. The van der Waals surface area contributed by atoms with Crippen LogP contribution in [0.2, 0.25) is 0 Å². The molecule has 0 radical (unpaired) electrons. The highest BCUT2D eigenvalue weighted by atomic mass is 32.1. The fourth-order valence-electron chi connectivity index (χ4n) is 3.51. The number of fused-ring (bicyclic) bond motifs is 1. The van der Waals surface area contributed by atoms with Crippen LogP contribution in [0.15, 0.2) is 29.1 Å². The highest BCUT2D eigenvalue weighted by molar-refractivity contribution is 7.71. The van der Waals surface area contributed by atoms with E-state index < -0.39 is 0 Å². The maximum absolute atomic E-state index is 12.8. The zero-order valence-electron chi connectivity index (χ0n) is 15.0. The second-order valence-electron chi connectivity index (χ2n) is 6.77. The van der Waals surface area contributed by atoms with Crippen molar-refractivity contribution < 1.29 is 0 Å². The van der Waals surface area contributed by atoms with Crippen molar-refractivity contribution in [2.45, 2.75) is 33.1 Å². The molecule has 0 aliphatic carbocycles. The van der Waals surface area contributed by atoms with Crippen LogP contribution in [0.3, 0.4) is 0 Å². The predicted octanol–water partition coefficient (Wildman–Crippen LogP) is 3.45. The van der Waals surface area contributed by atoms with E-state index in [-0.39, 0.29) is 5.56 Å². The number of piperidine rings is 1. The van der Waals surface area contributed by atoms with E-state index in [0.29, 0.717) is 21.6 Å². The molecule has 1 fully saturated rings. The number of aromatic amines is 1. The molecule has 4 rings (SSSR count). The molecular formula is C19H21N5OS. The van der Waals surface area contributed by atoms with E-state index in [1.165, 1.54) is 6.42 Å². The van der Waals surface area contributed by atoms with Gasteiger partial charge >= 0.3 is 0 Å². The van der Waals surface area contributed by atoms with Crippen LogP contribution >= 0.6 is 12.2 Å². The normalized spacial score (nSPS) is 14.8. The molecule has 1 N–H and O–H groups in total. The number of anilines is 1. The third kappa shape index (κ3) is 2.92. The Hall–Kier alpha value is -2.54. The second-order valence-corrected chi connectivity index (χ2v) is 7.16. The SMILES string of the molecule is Cc1cccc(-n2c(C)nc3nc(N4CCCCC4)[nH]c(=O)c3c2=S)c1. The summed E-state index contributed by atoms with van der Waals surface area (Å²) in [6.07, 6.45) is 3.45. The Morgan fingerprint density at radius 1 is 1.12 bits per heavy atom. The number of aryl methyl sites for hydroxylation is 2. The average Bonchev–Trinajstić information content (AvgIpc) is 2.62. The molecule has 3 aromatic rings. The van der Waals surface area contributed by atoms with Crippen LogP contribution < -0.4 is 10.5 Å². The van der Waals surface area contributed by atoms with Crippen molar-refractivity contribution in [1.82, 2.24) is 19.5 Å². The van der Waals surface area contributed by atoms with Gasteiger partial charge in [-0.25, -0.2) is 4.98 Å². The van der Waals surface area contributed by atoms with Crippen molar-refractivity contribution in [3.8, 4) is 5.69 Å². The Balaban J connectivity index is 1.92. The van der Waals surface area contributed by atoms with E-state index >= 15 is 0 Å². The summed E-state index contributed by atoms with van der Waals surface area (Å²) in [4.78, 5) is 27.0. The molecule has 1 saturated heterocycles. The fourth-order valence-corrected chi connectivity index (χ4v) is 3.93. The Bertz CT molecular complexity index is 1100. The number of H-pyrrole nitrogens is 1. The van der Waals surface area contributed by atoms with E-state index in [1.54, 1.807) is 0 Å². The minimum Gasteiger partial charge on any atom is -0.342 e. The Morgan fingerprint density at radius 3 is 2.62 bits per heavy atom. The lowest BCUT2D eigenvalue weighted by molar-refractivity contribution is 0.568. The molecule has 0 spiro atoms. The number of nitrogens with zero attached hydrogens (tertiary/aromatic N) is 4. The van der Waals surface area contributed by atoms with Crippen molar-refractivity contribution in [2.24, 2.45) is 0 Å². The first-order valence-electron chi connectivity index (χ1n) is 8.90. The summed E-state index contributed by atoms with van der Waals surface area (Å²) in [6, 6.07) is 7.99. The van der Waals surface area contributed by atoms with Crippen molar-refractivity contribution in [2.75, 3.05) is 18.0 Å². The molecule has 1 aliphatic rings. The molecule has 7 heteroatoms. The van der Waals surface area contributed by atoms with Gasteiger partial charge in [-0.05, 0) is 50.8 Å². The molecule has 1 aliphatic heterocycles. The van der Waals surface area contributed by atoms with Crippen LogP contribution in [0.25, 0.3) is 16.7 Å². The lowest BCUT2D eigenvalue weighted by atomic mass is 10.1. The van der Waals surface area contributed by atoms with Gasteiger partial charge < -0.3 is 4.90 Å². The number of hydrogen-bond acceptors (Lipinski definition) is 5. The molecule has 1 aromatic carbocycles. The van der Waals surface area contributed by atoms with Crippen molar-refractivity contribution in [3.63, 3.8) is 0 Å². The fraction of sp³-hybridized carbons (Fsp3) is 0.368. The van der Waals surface area contributed by atoms with Crippen LogP contribution in [-0.2, 0) is 0 Å². The molecule has 6 nitrogen and oxygen atoms in total. The van der Waals surface area contributed by atoms with Gasteiger partial charge in [0.1, 0.15) is 15.9 Å². The molecule has 2 aromatic heterocycles. The summed E-state index contributed by atoms with van der Waals surface area (Å²) in [5.74, 6) is 1.31. The van der Waals surface area contributed by atoms with E-state index in [9.17, 15) is 4.79 Å². The number of benzene rings is 1. The first-order valence-corrected chi connectivity index (χ1v) is 9.31. The summed E-state index contributed by atoms with van der Waals surface area (Å²) in [5.41, 5.74) is 2.22. The van der Waals surface area contributed by atoms with Gasteiger partial charge in [-0.15, -0.1) is 0 Å². The van der Waals surface area contributed by atoms with E-state index in [4.69, 9.17) is 12.2 Å². The molecule has 0 bridgehead atoms. The monoisotopic (exact) mass is 367 g/mol. The van der Waals surface area contributed by atoms with Crippen LogP contribution in [-0.4, -0.2) is 32.6 Å². The average molecular weight is 367 g/mol. The highest BCUT2D eigenvalue weighted by Crippen LogP contribution is 2.20. The zero-order valence-corrected chi connectivity index (χ0v) is 15.8. The second kappa shape index (κ2) is 6.64. The molecule has 134 valence electrons. The Morgan fingerprint density at radius 2 is 1.88 bits per heavy atom. The van der Waals surface area contributed by atoms with Crippen LogP contribution in [0.1, 0.15) is 30.7 Å². The third-order valence-electron chi connectivity index (χ3n) is 4.81. The zero-order chi connectivity index (χ0) is 18.3. The lowest BCUT2D eigenvalue weighted by Gasteiger charge is -2.27. The molecule has 0 amide bonds. The first kappa shape index (κ1) is 16.9. The van der Waals surface area contributed by atoms with Gasteiger partial charge in [0, 0.05) is 18.8 Å². The van der Waals surface area contributed by atoms with Crippen LogP contribution in [0.5, 0.6) is 0 Å². The molecule has 26 heavy (non-hydrogen) atoms. The van der Waals surface area contributed by atoms with E-state index in [1.807, 2.05) is 42.7 Å². The number of aromatic nitrogens is 4. The largest absolute Gasteiger partial charge is 0.342 e. The Kier molecular flexibility index (Phi) is 4.32. The maximum atomic E-state index is 12.8. The highest BCUT2D eigenvalue weighted by Gasteiger charge is 2.17. The minimum atomic E-state index is -0.227. The minimum absolute atomic E-state index is 0.227. The van der Waals surface area contributed by atoms with Gasteiger partial charge in [-0.2, -0.15) is 4.98 Å². The third-order valence-corrected chi connectivity index (χ3v) is 5.20. The summed E-state index contributed by atoms with van der Waals surface area (Å²) in [6.45, 7) is 5.73. The summed E-state index contributed by atoms with van der Waals surface area (Å²) >= 11 is 5.64. The number of hydrogen-bond donors (Lipinski definition) is 1. The van der Waals surface area contributed by atoms with Crippen LogP contribution in [0, 0.1) is 18.5 Å². The van der Waals surface area contributed by atoms with Gasteiger partial charge in [0.15, 0.2) is 5.65 Å². The standard InChI is InChI=1S/C19H21N5OS/c1-12-7-6-8-14(11-12)24-13(2)20-16-15(18(24)26)17(25)22-19(21-16)23-9-4-3-5-10-23/h6-8,11H,3-5,9-10H2,1-2H3,(H,21,22,25). The van der Waals surface area contributed by atoms with Gasteiger partial charge in [-0.3, -0.25) is 14.3 Å². The van der Waals surface area contributed by atoms with Gasteiger partial charge in [0.25, 0.3) is 5.56 Å². The smallest absolute Gasteiger partial charge is 0.264 e. The summed E-state index contributed by atoms with van der Waals surface area (Å²) in [7, 11) is 0. The van der Waals surface area contributed by atoms with Crippen molar-refractivity contribution in [1.29, 1.82) is 0 Å². The van der Waals surface area contributed by atoms with E-state index in [0.717, 1.165) is 43.0 Å². The predicted molar refractivity (Wildman–Crippen MR) is 106 cm³/mol. The van der Waals surface area contributed by atoms with E-state index in [2.05, 4.69) is 19.9 Å². The molecule has 0 atom stereocenters. The molecule has 3 heterocycles. The summed E-state index contributed by atoms with van der Waals surface area (Å²) < 4.78 is 2.28. The first-order chi connectivity index (χ1) is 12.5. The molecule has 0 unspecified atom stereocenters. The van der Waals surface area contributed by atoms with Crippen molar-refractivity contribution in [3.05, 3.63) is 50.6 Å². The molecular weight excluding hydrogens is 346 g/mol. The van der Waals surface area contributed by atoms with Gasteiger partial charge in [0.05, 0.1) is 0 Å². The number of nitrogens with one attached hydrogen (secondary N) is 1. The van der Waals surface area contributed by atoms with Gasteiger partial charge in [-0.1, -0.05) is 24.4 Å². The summed E-state index contributed by atoms with van der Waals surface area (Å²) in [5, 5.41) is 0.368. The lowest BCUT2D eigenvalue weighted by Crippen LogP contribution is -2.32. The topological polar surface area (TPSA) is 66.8 Å². The Labute approximate surface area is 156 Å². The quantitative estimate of drug-likeness (QED) is 0.703. The maximum Gasteiger partial charge on any atom is 0.264 e. The van der Waals surface area contributed by atoms with Crippen molar-refractivity contribution >= 4 is 29.2 Å².